The van der Waals surface area contributed by atoms with E-state index in [0.717, 1.165) is 17.1 Å². The van der Waals surface area contributed by atoms with Crippen molar-refractivity contribution in [1.82, 2.24) is 15.0 Å². The number of nitro groups is 2. The zero-order valence-corrected chi connectivity index (χ0v) is 14.3. The Kier molecular flexibility index (Phi) is 5.01. The van der Waals surface area contributed by atoms with Crippen molar-refractivity contribution in [3.63, 3.8) is 0 Å². The molecule has 0 aliphatic heterocycles. The topological polar surface area (TPSA) is 141 Å². The highest BCUT2D eigenvalue weighted by Gasteiger charge is 2.19. The number of nitrogens with zero attached hydrogens (tertiary/aromatic N) is 6. The van der Waals surface area contributed by atoms with Gasteiger partial charge in [0, 0.05) is 24.7 Å². The minimum atomic E-state index is -0.693. The summed E-state index contributed by atoms with van der Waals surface area (Å²) in [6, 6.07) is 10.9. The summed E-state index contributed by atoms with van der Waals surface area (Å²) in [4.78, 5) is 20.5. The molecular formula is C16H15N7O4. The van der Waals surface area contributed by atoms with Crippen LogP contribution < -0.4 is 5.43 Å². The van der Waals surface area contributed by atoms with Crippen molar-refractivity contribution >= 4 is 33.8 Å². The molecule has 11 heteroatoms. The van der Waals surface area contributed by atoms with Crippen LogP contribution in [0.1, 0.15) is 13.3 Å². The van der Waals surface area contributed by atoms with Crippen molar-refractivity contribution in [2.24, 2.45) is 5.10 Å². The standard InChI is InChI=1S/C16H15N7O4/c1-11(8-9-21-15-5-3-2-4-13(15)19-20-21)17-18-14-7-6-12(22(24)25)10-16(14)23(26)27/h2-7,10,18H,8-9H2,1H3. The number of anilines is 1. The van der Waals surface area contributed by atoms with E-state index in [1.807, 2.05) is 24.3 Å². The maximum atomic E-state index is 11.1. The summed E-state index contributed by atoms with van der Waals surface area (Å²) in [5, 5.41) is 34.2. The predicted octanol–water partition coefficient (Wildman–Crippen LogP) is 3.13. The highest BCUT2D eigenvalue weighted by atomic mass is 16.6. The Bertz CT molecular complexity index is 1040. The van der Waals surface area contributed by atoms with E-state index in [1.54, 1.807) is 11.6 Å². The van der Waals surface area contributed by atoms with Crippen LogP contribution in [-0.2, 0) is 6.54 Å². The average molecular weight is 369 g/mol. The van der Waals surface area contributed by atoms with E-state index in [9.17, 15) is 20.2 Å². The van der Waals surface area contributed by atoms with Crippen LogP contribution in [0.3, 0.4) is 0 Å². The molecule has 3 rings (SSSR count). The molecule has 27 heavy (non-hydrogen) atoms. The number of rotatable bonds is 7. The Morgan fingerprint density at radius 2 is 1.96 bits per heavy atom. The van der Waals surface area contributed by atoms with Gasteiger partial charge in [0.05, 0.1) is 21.4 Å². The average Bonchev–Trinajstić information content (AvgIpc) is 3.07. The number of aryl methyl sites for hydroxylation is 1. The normalized spacial score (nSPS) is 11.5. The van der Waals surface area contributed by atoms with Gasteiger partial charge in [0.25, 0.3) is 5.69 Å². The maximum Gasteiger partial charge on any atom is 0.301 e. The van der Waals surface area contributed by atoms with E-state index in [0.29, 0.717) is 18.7 Å². The molecule has 138 valence electrons. The molecule has 0 aliphatic rings. The fourth-order valence-electron chi connectivity index (χ4n) is 2.44. The van der Waals surface area contributed by atoms with Crippen molar-refractivity contribution in [2.75, 3.05) is 5.43 Å². The summed E-state index contributed by atoms with van der Waals surface area (Å²) >= 11 is 0. The Morgan fingerprint density at radius 3 is 2.70 bits per heavy atom. The first-order valence-corrected chi connectivity index (χ1v) is 7.96. The first-order valence-electron chi connectivity index (χ1n) is 7.96. The van der Waals surface area contributed by atoms with E-state index in [4.69, 9.17) is 0 Å². The lowest BCUT2D eigenvalue weighted by atomic mass is 10.2. The quantitative estimate of drug-likeness (QED) is 0.383. The molecule has 1 heterocycles. The molecule has 0 radical (unpaired) electrons. The van der Waals surface area contributed by atoms with Crippen molar-refractivity contribution in [2.45, 2.75) is 19.9 Å². The van der Waals surface area contributed by atoms with Gasteiger partial charge in [-0.15, -0.1) is 5.10 Å². The Labute approximate surface area is 152 Å². The van der Waals surface area contributed by atoms with Gasteiger partial charge in [0.1, 0.15) is 11.2 Å². The molecule has 0 fully saturated rings. The minimum Gasteiger partial charge on any atom is -0.272 e. The second-order valence-corrected chi connectivity index (χ2v) is 5.73. The van der Waals surface area contributed by atoms with Gasteiger partial charge in [-0.25, -0.2) is 4.68 Å². The van der Waals surface area contributed by atoms with E-state index < -0.39 is 15.5 Å². The number of nitrogens with one attached hydrogen (secondary N) is 1. The number of para-hydroxylation sites is 1. The zero-order chi connectivity index (χ0) is 19.4. The Hall–Kier alpha value is -3.89. The fraction of sp³-hybridized carbons (Fsp3) is 0.188. The van der Waals surface area contributed by atoms with Crippen molar-refractivity contribution in [3.8, 4) is 0 Å². The molecule has 1 N–H and O–H groups in total. The third kappa shape index (κ3) is 4.03. The first kappa shape index (κ1) is 17.9. The van der Waals surface area contributed by atoms with Gasteiger partial charge < -0.3 is 0 Å². The minimum absolute atomic E-state index is 0.0798. The molecule has 2 aromatic carbocycles. The highest BCUT2D eigenvalue weighted by molar-refractivity contribution is 5.83. The van der Waals surface area contributed by atoms with Gasteiger partial charge >= 0.3 is 5.69 Å². The van der Waals surface area contributed by atoms with Gasteiger partial charge in [-0.05, 0) is 25.1 Å². The lowest BCUT2D eigenvalue weighted by Gasteiger charge is -2.05. The van der Waals surface area contributed by atoms with Crippen LogP contribution in [0, 0.1) is 20.2 Å². The smallest absolute Gasteiger partial charge is 0.272 e. The monoisotopic (exact) mass is 369 g/mol. The molecule has 0 unspecified atom stereocenters. The number of hydrogen-bond donors (Lipinski definition) is 1. The summed E-state index contributed by atoms with van der Waals surface area (Å²) in [5.41, 5.74) is 4.30. The van der Waals surface area contributed by atoms with Crippen LogP contribution in [0.4, 0.5) is 17.1 Å². The van der Waals surface area contributed by atoms with Crippen LogP contribution in [-0.4, -0.2) is 30.6 Å². The number of hydrogen-bond acceptors (Lipinski definition) is 8. The molecule has 0 amide bonds. The molecule has 0 saturated carbocycles. The van der Waals surface area contributed by atoms with Gasteiger partial charge in [0.15, 0.2) is 0 Å². The number of hydrazone groups is 1. The van der Waals surface area contributed by atoms with E-state index in [-0.39, 0.29) is 11.4 Å². The van der Waals surface area contributed by atoms with E-state index in [2.05, 4.69) is 20.8 Å². The second-order valence-electron chi connectivity index (χ2n) is 5.73. The second kappa shape index (κ2) is 7.56. The van der Waals surface area contributed by atoms with Crippen LogP contribution in [0.5, 0.6) is 0 Å². The van der Waals surface area contributed by atoms with Gasteiger partial charge in [-0.2, -0.15) is 5.10 Å². The molecule has 0 saturated heterocycles. The number of nitro benzene ring substituents is 2. The molecule has 0 spiro atoms. The summed E-state index contributed by atoms with van der Waals surface area (Å²) in [7, 11) is 0. The molecule has 3 aromatic rings. The van der Waals surface area contributed by atoms with E-state index in [1.165, 1.54) is 12.1 Å². The van der Waals surface area contributed by atoms with Gasteiger partial charge in [0.2, 0.25) is 0 Å². The van der Waals surface area contributed by atoms with Crippen LogP contribution in [0.15, 0.2) is 47.6 Å². The number of fused-ring (bicyclic) bond motifs is 1. The summed E-state index contributed by atoms with van der Waals surface area (Å²) in [6.07, 6.45) is 0.543. The molecule has 0 aliphatic carbocycles. The Morgan fingerprint density at radius 1 is 1.19 bits per heavy atom. The van der Waals surface area contributed by atoms with Gasteiger partial charge in [-0.3, -0.25) is 25.7 Å². The predicted molar refractivity (Wildman–Crippen MR) is 98.6 cm³/mol. The Balaban J connectivity index is 1.70. The fourth-order valence-corrected chi connectivity index (χ4v) is 2.44. The maximum absolute atomic E-state index is 11.1. The van der Waals surface area contributed by atoms with Crippen LogP contribution in [0.25, 0.3) is 11.0 Å². The van der Waals surface area contributed by atoms with Crippen molar-refractivity contribution in [1.29, 1.82) is 0 Å². The zero-order valence-electron chi connectivity index (χ0n) is 14.3. The molecule has 11 nitrogen and oxygen atoms in total. The largest absolute Gasteiger partial charge is 0.301 e. The van der Waals surface area contributed by atoms with Crippen molar-refractivity contribution < 1.29 is 9.85 Å². The lowest BCUT2D eigenvalue weighted by Crippen LogP contribution is -2.07. The SMILES string of the molecule is CC(CCn1nnc2ccccc21)=NNc1ccc([N+](=O)[O-])cc1[N+](=O)[O-]. The lowest BCUT2D eigenvalue weighted by molar-refractivity contribution is -0.393. The molecule has 1 aromatic heterocycles. The van der Waals surface area contributed by atoms with Crippen molar-refractivity contribution in [3.05, 3.63) is 62.7 Å². The summed E-state index contributed by atoms with van der Waals surface area (Å²) < 4.78 is 1.75. The highest BCUT2D eigenvalue weighted by Crippen LogP contribution is 2.28. The third-order valence-corrected chi connectivity index (χ3v) is 3.86. The van der Waals surface area contributed by atoms with Crippen LogP contribution in [0.2, 0.25) is 0 Å². The van der Waals surface area contributed by atoms with Crippen LogP contribution >= 0.6 is 0 Å². The number of aromatic nitrogens is 3. The first-order chi connectivity index (χ1) is 13.0. The third-order valence-electron chi connectivity index (χ3n) is 3.86. The summed E-state index contributed by atoms with van der Waals surface area (Å²) in [5.74, 6) is 0. The van der Waals surface area contributed by atoms with Gasteiger partial charge in [-0.1, -0.05) is 17.3 Å². The number of benzene rings is 2. The molecular weight excluding hydrogens is 354 g/mol. The molecule has 0 bridgehead atoms. The number of non-ortho nitro benzene ring substituents is 1. The molecule has 0 atom stereocenters. The summed E-state index contributed by atoms with van der Waals surface area (Å²) in [6.45, 7) is 2.31. The van der Waals surface area contributed by atoms with E-state index >= 15 is 0 Å².